The molecular formula is C16H16N2O. The zero-order valence-electron chi connectivity index (χ0n) is 10.7. The van der Waals surface area contributed by atoms with E-state index in [1.165, 1.54) is 5.39 Å². The Morgan fingerprint density at radius 2 is 2.16 bits per heavy atom. The van der Waals surface area contributed by atoms with Crippen LogP contribution < -0.4 is 0 Å². The molecule has 1 unspecified atom stereocenters. The predicted octanol–water partition coefficient (Wildman–Crippen LogP) is 2.77. The highest BCUT2D eigenvalue weighted by molar-refractivity contribution is 5.82. The van der Waals surface area contributed by atoms with Crippen molar-refractivity contribution < 1.29 is 4.79 Å². The molecule has 3 rings (SSSR count). The first-order valence-electron chi connectivity index (χ1n) is 6.50. The van der Waals surface area contributed by atoms with Crippen molar-refractivity contribution in [2.45, 2.75) is 13.0 Å². The van der Waals surface area contributed by atoms with E-state index in [1.807, 2.05) is 35.4 Å². The van der Waals surface area contributed by atoms with Crippen molar-refractivity contribution in [1.82, 2.24) is 9.88 Å². The highest BCUT2D eigenvalue weighted by Crippen LogP contribution is 2.21. The van der Waals surface area contributed by atoms with Crippen LogP contribution in [0.15, 0.2) is 49.2 Å². The Bertz CT molecular complexity index is 635. The van der Waals surface area contributed by atoms with Crippen LogP contribution >= 0.6 is 0 Å². The second kappa shape index (κ2) is 4.84. The van der Waals surface area contributed by atoms with Gasteiger partial charge in [0.05, 0.1) is 12.2 Å². The SMILES string of the molecule is C=CC1CC(=O)N(Cc2cc3ccccc3cn2)C1. The van der Waals surface area contributed by atoms with Crippen molar-refractivity contribution >= 4 is 16.7 Å². The van der Waals surface area contributed by atoms with Gasteiger partial charge in [-0.15, -0.1) is 6.58 Å². The molecule has 0 bridgehead atoms. The van der Waals surface area contributed by atoms with Crippen LogP contribution in [0.4, 0.5) is 0 Å². The molecule has 3 nitrogen and oxygen atoms in total. The lowest BCUT2D eigenvalue weighted by Crippen LogP contribution is -2.24. The van der Waals surface area contributed by atoms with Gasteiger partial charge >= 0.3 is 0 Å². The van der Waals surface area contributed by atoms with E-state index in [0.29, 0.717) is 13.0 Å². The standard InChI is InChI=1S/C16H16N2O/c1-2-12-7-16(19)18(10-12)11-15-8-13-5-3-4-6-14(13)9-17-15/h2-6,8-9,12H,1,7,10-11H2. The molecule has 1 aliphatic heterocycles. The summed E-state index contributed by atoms with van der Waals surface area (Å²) in [6, 6.07) is 10.2. The number of pyridine rings is 1. The Balaban J connectivity index is 1.82. The van der Waals surface area contributed by atoms with Gasteiger partial charge in [-0.3, -0.25) is 9.78 Å². The number of hydrogen-bond acceptors (Lipinski definition) is 2. The first-order chi connectivity index (χ1) is 9.26. The van der Waals surface area contributed by atoms with E-state index in [1.54, 1.807) is 0 Å². The van der Waals surface area contributed by atoms with E-state index in [4.69, 9.17) is 0 Å². The molecule has 2 aromatic rings. The highest BCUT2D eigenvalue weighted by Gasteiger charge is 2.27. The second-order valence-electron chi connectivity index (χ2n) is 5.00. The zero-order valence-corrected chi connectivity index (χ0v) is 10.7. The van der Waals surface area contributed by atoms with Gasteiger partial charge in [-0.25, -0.2) is 0 Å². The van der Waals surface area contributed by atoms with Crippen molar-refractivity contribution in [3.8, 4) is 0 Å². The van der Waals surface area contributed by atoms with Gasteiger partial charge in [0.2, 0.25) is 5.91 Å². The first-order valence-corrected chi connectivity index (χ1v) is 6.50. The molecule has 0 radical (unpaired) electrons. The van der Waals surface area contributed by atoms with Crippen LogP contribution in [-0.2, 0) is 11.3 Å². The molecule has 3 heteroatoms. The fraction of sp³-hybridized carbons (Fsp3) is 0.250. The lowest BCUT2D eigenvalue weighted by atomic mass is 10.1. The highest BCUT2D eigenvalue weighted by atomic mass is 16.2. The number of hydrogen-bond donors (Lipinski definition) is 0. The number of amides is 1. The molecule has 1 saturated heterocycles. The minimum Gasteiger partial charge on any atom is -0.336 e. The van der Waals surface area contributed by atoms with Gasteiger partial charge < -0.3 is 4.90 Å². The lowest BCUT2D eigenvalue weighted by Gasteiger charge is -2.15. The fourth-order valence-electron chi connectivity index (χ4n) is 2.52. The van der Waals surface area contributed by atoms with Gasteiger partial charge in [-0.05, 0) is 11.5 Å². The normalized spacial score (nSPS) is 19.1. The smallest absolute Gasteiger partial charge is 0.223 e. The Morgan fingerprint density at radius 1 is 1.37 bits per heavy atom. The van der Waals surface area contributed by atoms with Crippen LogP contribution in [0.5, 0.6) is 0 Å². The number of carbonyl (C=O) groups is 1. The van der Waals surface area contributed by atoms with Crippen molar-refractivity contribution in [2.75, 3.05) is 6.54 Å². The third kappa shape index (κ3) is 2.36. The molecule has 1 aromatic heterocycles. The molecular weight excluding hydrogens is 236 g/mol. The number of benzene rings is 1. The number of aromatic nitrogens is 1. The largest absolute Gasteiger partial charge is 0.336 e. The minimum absolute atomic E-state index is 0.194. The number of likely N-dealkylation sites (tertiary alicyclic amines) is 1. The van der Waals surface area contributed by atoms with Gasteiger partial charge in [0.15, 0.2) is 0 Å². The quantitative estimate of drug-likeness (QED) is 0.787. The molecule has 0 spiro atoms. The van der Waals surface area contributed by atoms with Crippen molar-refractivity contribution in [3.05, 3.63) is 54.9 Å². The number of nitrogens with zero attached hydrogens (tertiary/aromatic N) is 2. The van der Waals surface area contributed by atoms with E-state index in [-0.39, 0.29) is 11.8 Å². The summed E-state index contributed by atoms with van der Waals surface area (Å²) in [5, 5.41) is 2.29. The molecule has 0 aliphatic carbocycles. The summed E-state index contributed by atoms with van der Waals surface area (Å²) in [7, 11) is 0. The third-order valence-corrected chi connectivity index (χ3v) is 3.62. The van der Waals surface area contributed by atoms with Gasteiger partial charge in [-0.2, -0.15) is 0 Å². The maximum absolute atomic E-state index is 11.9. The summed E-state index contributed by atoms with van der Waals surface area (Å²) < 4.78 is 0. The number of carbonyl (C=O) groups excluding carboxylic acids is 1. The summed E-state index contributed by atoms with van der Waals surface area (Å²) in [4.78, 5) is 18.2. The average molecular weight is 252 g/mol. The summed E-state index contributed by atoms with van der Waals surface area (Å²) in [6.07, 6.45) is 4.32. The third-order valence-electron chi connectivity index (χ3n) is 3.62. The van der Waals surface area contributed by atoms with Crippen molar-refractivity contribution in [2.24, 2.45) is 5.92 Å². The fourth-order valence-corrected chi connectivity index (χ4v) is 2.52. The summed E-state index contributed by atoms with van der Waals surface area (Å²) in [6.45, 7) is 5.12. The van der Waals surface area contributed by atoms with E-state index in [2.05, 4.69) is 23.7 Å². The summed E-state index contributed by atoms with van der Waals surface area (Å²) in [5.41, 5.74) is 0.941. The molecule has 2 heterocycles. The van der Waals surface area contributed by atoms with E-state index in [9.17, 15) is 4.79 Å². The zero-order chi connectivity index (χ0) is 13.2. The summed E-state index contributed by atoms with van der Waals surface area (Å²) in [5.74, 6) is 0.479. The molecule has 1 aliphatic rings. The molecule has 0 saturated carbocycles. The van der Waals surface area contributed by atoms with Crippen LogP contribution in [0.25, 0.3) is 10.8 Å². The van der Waals surface area contributed by atoms with E-state index >= 15 is 0 Å². The van der Waals surface area contributed by atoms with Crippen LogP contribution in [0, 0.1) is 5.92 Å². The molecule has 0 N–H and O–H groups in total. The number of rotatable bonds is 3. The molecule has 1 atom stereocenters. The van der Waals surface area contributed by atoms with Crippen molar-refractivity contribution in [1.29, 1.82) is 0 Å². The molecule has 1 fully saturated rings. The van der Waals surface area contributed by atoms with Gasteiger partial charge in [0.25, 0.3) is 0 Å². The van der Waals surface area contributed by atoms with E-state index < -0.39 is 0 Å². The average Bonchev–Trinajstić information content (AvgIpc) is 2.79. The van der Waals surface area contributed by atoms with Crippen LogP contribution in [0.2, 0.25) is 0 Å². The Kier molecular flexibility index (Phi) is 3.03. The Morgan fingerprint density at radius 3 is 2.89 bits per heavy atom. The Hall–Kier alpha value is -2.16. The summed E-state index contributed by atoms with van der Waals surface area (Å²) >= 11 is 0. The minimum atomic E-state index is 0.194. The predicted molar refractivity (Wildman–Crippen MR) is 75.5 cm³/mol. The molecule has 1 amide bonds. The monoisotopic (exact) mass is 252 g/mol. The first kappa shape index (κ1) is 11.9. The lowest BCUT2D eigenvalue weighted by molar-refractivity contribution is -0.128. The van der Waals surface area contributed by atoms with Gasteiger partial charge in [-0.1, -0.05) is 30.3 Å². The van der Waals surface area contributed by atoms with Crippen LogP contribution in [0.1, 0.15) is 12.1 Å². The molecule has 19 heavy (non-hydrogen) atoms. The number of fused-ring (bicyclic) bond motifs is 1. The van der Waals surface area contributed by atoms with Crippen LogP contribution in [0.3, 0.4) is 0 Å². The van der Waals surface area contributed by atoms with E-state index in [0.717, 1.165) is 17.6 Å². The maximum atomic E-state index is 11.9. The molecule has 1 aromatic carbocycles. The van der Waals surface area contributed by atoms with Crippen molar-refractivity contribution in [3.63, 3.8) is 0 Å². The topological polar surface area (TPSA) is 33.2 Å². The van der Waals surface area contributed by atoms with Gasteiger partial charge in [0.1, 0.15) is 0 Å². The molecule has 96 valence electrons. The van der Waals surface area contributed by atoms with Gasteiger partial charge in [0, 0.05) is 30.5 Å². The Labute approximate surface area is 112 Å². The second-order valence-corrected chi connectivity index (χ2v) is 5.00. The van der Waals surface area contributed by atoms with Crippen LogP contribution in [-0.4, -0.2) is 22.3 Å². The maximum Gasteiger partial charge on any atom is 0.223 e.